The lowest BCUT2D eigenvalue weighted by Gasteiger charge is -2.18. The molecule has 0 fully saturated rings. The number of aromatic nitrogens is 8. The van der Waals surface area contributed by atoms with Gasteiger partial charge in [-0.15, -0.1) is 10.2 Å². The van der Waals surface area contributed by atoms with Gasteiger partial charge in [-0.1, -0.05) is 172 Å². The number of carbonyl (C=O) groups excluding carboxylic acids is 1. The molecule has 80 heavy (non-hydrogen) atoms. The van der Waals surface area contributed by atoms with Gasteiger partial charge in [-0.3, -0.25) is 10.2 Å². The van der Waals surface area contributed by atoms with Crippen LogP contribution in [0.1, 0.15) is 165 Å². The molecule has 0 saturated carbocycles. The van der Waals surface area contributed by atoms with Gasteiger partial charge in [0.25, 0.3) is 0 Å². The van der Waals surface area contributed by atoms with E-state index in [1.54, 1.807) is 58.8 Å². The van der Waals surface area contributed by atoms with E-state index in [4.69, 9.17) is 42.1 Å². The first-order valence-electron chi connectivity index (χ1n) is 27.9. The smallest absolute Gasteiger partial charge is 0.347 e. The Morgan fingerprint density at radius 2 is 1.25 bits per heavy atom. The van der Waals surface area contributed by atoms with Gasteiger partial charge in [-0.05, 0) is 104 Å². The number of unbranched alkanes of at least 4 members (excludes halogenated alkanes) is 9. The minimum Gasteiger partial charge on any atom is -0.496 e. The van der Waals surface area contributed by atoms with Gasteiger partial charge in [0.05, 0.1) is 41.3 Å². The van der Waals surface area contributed by atoms with Crippen LogP contribution in [-0.2, 0) is 42.6 Å². The van der Waals surface area contributed by atoms with Crippen LogP contribution in [0.3, 0.4) is 0 Å². The molecule has 2 N–H and O–H groups in total. The molecule has 0 amide bonds. The maximum absolute atomic E-state index is 13.3. The quantitative estimate of drug-likeness (QED) is 0.0434. The van der Waals surface area contributed by atoms with Crippen molar-refractivity contribution in [1.82, 2.24) is 39.6 Å². The van der Waals surface area contributed by atoms with E-state index in [0.29, 0.717) is 74.4 Å². The van der Waals surface area contributed by atoms with Gasteiger partial charge < -0.3 is 18.9 Å². The molecule has 4 heterocycles. The summed E-state index contributed by atoms with van der Waals surface area (Å²) in [7, 11) is -2.05. The van der Waals surface area contributed by atoms with Crippen LogP contribution in [0, 0.1) is 20.8 Å². The number of esters is 1. The van der Waals surface area contributed by atoms with Crippen molar-refractivity contribution in [3.8, 4) is 40.0 Å². The Bertz CT molecular complexity index is 3480. The number of sulfone groups is 1. The molecule has 0 saturated heterocycles. The number of H-pyrrole nitrogens is 2. The number of hydrogen-bond acceptors (Lipinski definition) is 11. The number of nitrogens with zero attached hydrogens (tertiary/aromatic N) is 6. The van der Waals surface area contributed by atoms with E-state index in [0.717, 1.165) is 52.0 Å². The molecule has 18 heteroatoms. The highest BCUT2D eigenvalue weighted by Crippen LogP contribution is 2.36. The zero-order valence-corrected chi connectivity index (χ0v) is 51.0. The molecule has 1 atom stereocenters. The van der Waals surface area contributed by atoms with Crippen LogP contribution in [0.5, 0.6) is 17.2 Å². The first-order valence-corrected chi connectivity index (χ1v) is 30.3. The lowest BCUT2D eigenvalue weighted by atomic mass is 9.92. The molecule has 0 spiro atoms. The fraction of sp³-hybridized carbons (Fsp3) is 0.468. The predicted octanol–water partition coefficient (Wildman–Crippen LogP) is 15.5. The average molecular weight is 1150 g/mol. The average Bonchev–Trinajstić information content (AvgIpc) is 4.37. The third-order valence-electron chi connectivity index (χ3n) is 14.0. The second-order valence-electron chi connectivity index (χ2n) is 22.8. The van der Waals surface area contributed by atoms with Crippen LogP contribution in [0.4, 0.5) is 0 Å². The van der Waals surface area contributed by atoms with Crippen molar-refractivity contribution in [2.45, 2.75) is 181 Å². The Morgan fingerprint density at radius 1 is 0.675 bits per heavy atom. The number of hydrogen-bond donors (Lipinski definition) is 2. The minimum absolute atomic E-state index is 0.131. The number of fused-ring (bicyclic) bond motifs is 2. The Hall–Kier alpha value is -6.36. The summed E-state index contributed by atoms with van der Waals surface area (Å²) in [6.07, 6.45) is 12.5. The highest BCUT2D eigenvalue weighted by molar-refractivity contribution is 7.90. The second kappa shape index (κ2) is 26.9. The van der Waals surface area contributed by atoms with Crippen LogP contribution in [0.2, 0.25) is 10.0 Å². The Balaban J connectivity index is 0.000000236. The maximum Gasteiger partial charge on any atom is 0.347 e. The van der Waals surface area contributed by atoms with Crippen molar-refractivity contribution in [3.05, 3.63) is 128 Å². The number of methoxy groups -OCH3 is 1. The number of aromatic amines is 2. The highest BCUT2D eigenvalue weighted by atomic mass is 35.5. The van der Waals surface area contributed by atoms with Crippen LogP contribution >= 0.6 is 23.2 Å². The lowest BCUT2D eigenvalue weighted by Crippen LogP contribution is -2.29. The van der Waals surface area contributed by atoms with Crippen LogP contribution in [0.25, 0.3) is 34.1 Å². The van der Waals surface area contributed by atoms with E-state index in [9.17, 15) is 13.2 Å². The van der Waals surface area contributed by atoms with Gasteiger partial charge in [-0.2, -0.15) is 9.26 Å². The molecule has 0 aliphatic carbocycles. The van der Waals surface area contributed by atoms with Crippen molar-refractivity contribution in [1.29, 1.82) is 0 Å². The predicted molar refractivity (Wildman–Crippen MR) is 319 cm³/mol. The van der Waals surface area contributed by atoms with Crippen molar-refractivity contribution >= 4 is 50.3 Å². The Labute approximate surface area is 482 Å². The third kappa shape index (κ3) is 15.5. The van der Waals surface area contributed by atoms with Crippen LogP contribution in [-0.4, -0.2) is 73.8 Å². The highest BCUT2D eigenvalue weighted by Gasteiger charge is 2.28. The molecule has 0 aliphatic rings. The summed E-state index contributed by atoms with van der Waals surface area (Å²) < 4.78 is 52.9. The van der Waals surface area contributed by atoms with Gasteiger partial charge in [0.2, 0.25) is 0 Å². The van der Waals surface area contributed by atoms with E-state index < -0.39 is 21.9 Å². The maximum atomic E-state index is 13.3. The molecule has 0 radical (unpaired) electrons. The van der Waals surface area contributed by atoms with Gasteiger partial charge in [-0.25, -0.2) is 23.2 Å². The fourth-order valence-electron chi connectivity index (χ4n) is 9.26. The third-order valence-corrected chi connectivity index (χ3v) is 16.4. The summed E-state index contributed by atoms with van der Waals surface area (Å²) in [6.45, 7) is 23.3. The summed E-state index contributed by atoms with van der Waals surface area (Å²) in [5.41, 5.74) is 8.46. The molecule has 0 bridgehead atoms. The molecule has 4 aromatic heterocycles. The normalized spacial score (nSPS) is 12.4. The second-order valence-corrected chi connectivity index (χ2v) is 25.5. The zero-order valence-electron chi connectivity index (χ0n) is 48.7. The van der Waals surface area contributed by atoms with E-state index >= 15 is 0 Å². The van der Waals surface area contributed by atoms with Crippen LogP contribution < -0.4 is 14.2 Å². The van der Waals surface area contributed by atoms with E-state index in [1.807, 2.05) is 64.1 Å². The monoisotopic (exact) mass is 1150 g/mol. The summed E-state index contributed by atoms with van der Waals surface area (Å²) in [6, 6.07) is 23.7. The van der Waals surface area contributed by atoms with Crippen molar-refractivity contribution < 1.29 is 32.2 Å². The van der Waals surface area contributed by atoms with Crippen LogP contribution in [0.15, 0.2) is 83.8 Å². The van der Waals surface area contributed by atoms with E-state index in [-0.39, 0.29) is 28.1 Å². The summed E-state index contributed by atoms with van der Waals surface area (Å²) in [5.74, 6) is 2.27. The number of carbonyl (C=O) groups is 1. The first kappa shape index (κ1) is 61.3. The van der Waals surface area contributed by atoms with Crippen molar-refractivity contribution in [2.24, 2.45) is 0 Å². The number of ether oxygens (including phenoxy) is 4. The number of aryl methyl sites for hydroxylation is 3. The zero-order chi connectivity index (χ0) is 57.9. The molecule has 430 valence electrons. The van der Waals surface area contributed by atoms with E-state index in [2.05, 4.69) is 78.8 Å². The number of benzene rings is 4. The molecule has 8 rings (SSSR count). The molecule has 15 nitrogen and oxygen atoms in total. The molecule has 8 aromatic rings. The Kier molecular flexibility index (Phi) is 20.6. The molecular weight excluding hydrogens is 1070 g/mol. The Morgan fingerprint density at radius 3 is 1.81 bits per heavy atom. The summed E-state index contributed by atoms with van der Waals surface area (Å²) in [4.78, 5) is 22.4. The largest absolute Gasteiger partial charge is 0.496 e. The fourth-order valence-corrected chi connectivity index (χ4v) is 11.5. The minimum atomic E-state index is -3.61. The molecular formula is C62H80Cl2N8O7S. The number of nitrogens with one attached hydrogen (secondary N) is 2. The SMILES string of the molecule is CCC(Oc1ccc(C)cc1C)C(=O)OCc1cc(-c2nc3c(Cl)c(C(C)(C)C)[nH]n3n2)ccc1C.CCCCCCCCCCCCOc1ccc(S(=O)(=O)Cc2ccc(OC)c(-c3nc4c(Cl)c(C(C)(C)C)[nH]n4n3)c2)cc1. The standard InChI is InChI=1S/C34H47ClN4O4S.C28H33ClN4O3/c1-6-7-8-9-10-11-12-13-14-15-22-43-26-17-19-27(20-18-26)44(40,41)24-25-16-21-29(42-5)28(23-25)32-36-33-30(35)31(34(2,3)4)37-39(33)38-32;1-8-21(36-22-12-9-16(2)13-18(22)4)27(34)35-15-20-14-19(11-10-17(20)3)25-30-26-23(29)24(28(5,6)7)31-33(26)32-25/h16-21,23,37H,6-15,22,24H2,1-5H3;9-14,21,31H,8,15H2,1-7H3. The lowest BCUT2D eigenvalue weighted by molar-refractivity contribution is -0.153. The molecule has 4 aromatic carbocycles. The molecule has 0 aliphatic heterocycles. The van der Waals surface area contributed by atoms with Crippen molar-refractivity contribution in [2.75, 3.05) is 13.7 Å². The molecule has 1 unspecified atom stereocenters. The first-order chi connectivity index (χ1) is 38.0. The number of rotatable bonds is 24. The van der Waals surface area contributed by atoms with E-state index in [1.165, 1.54) is 51.4 Å². The van der Waals surface area contributed by atoms with Gasteiger partial charge in [0, 0.05) is 16.4 Å². The van der Waals surface area contributed by atoms with Gasteiger partial charge in [0.1, 0.15) is 33.9 Å². The van der Waals surface area contributed by atoms with Gasteiger partial charge >= 0.3 is 5.97 Å². The van der Waals surface area contributed by atoms with Crippen molar-refractivity contribution in [3.63, 3.8) is 0 Å². The summed E-state index contributed by atoms with van der Waals surface area (Å²) in [5, 5.41) is 16.7. The topological polar surface area (TPSA) is 180 Å². The van der Waals surface area contributed by atoms with Gasteiger partial charge in [0.15, 0.2) is 38.9 Å². The summed E-state index contributed by atoms with van der Waals surface area (Å²) >= 11 is 13.2. The number of halogens is 2.